The monoisotopic (exact) mass is 341 g/mol. The Kier molecular flexibility index (Phi) is 5.00. The van der Waals surface area contributed by atoms with Crippen molar-refractivity contribution in [2.24, 2.45) is 0 Å². The van der Waals surface area contributed by atoms with Gasteiger partial charge in [-0.15, -0.1) is 0 Å². The number of amides is 1. The molecule has 1 amide bonds. The number of anilines is 1. The minimum absolute atomic E-state index is 0.337. The van der Waals surface area contributed by atoms with E-state index in [1.165, 1.54) is 0 Å². The Labute approximate surface area is 145 Å². The number of nitrogens with one attached hydrogen (secondary N) is 1. The topological polar surface area (TPSA) is 84.9 Å². The van der Waals surface area contributed by atoms with Crippen molar-refractivity contribution in [1.82, 2.24) is 0 Å². The zero-order valence-electron chi connectivity index (χ0n) is 13.8. The second-order valence-corrected chi connectivity index (χ2v) is 5.96. The van der Waals surface area contributed by atoms with Gasteiger partial charge >= 0.3 is 5.97 Å². The van der Waals surface area contributed by atoms with E-state index in [0.29, 0.717) is 24.3 Å². The Bertz CT molecular complexity index is 772. The summed E-state index contributed by atoms with van der Waals surface area (Å²) in [5.41, 5.74) is 1.71. The predicted molar refractivity (Wildman–Crippen MR) is 91.9 cm³/mol. The van der Waals surface area contributed by atoms with Crippen molar-refractivity contribution in [3.63, 3.8) is 0 Å². The molecular formula is C19H19NO5. The van der Waals surface area contributed by atoms with E-state index in [9.17, 15) is 9.59 Å². The number of hydrogen-bond donors (Lipinski definition) is 2. The first-order valence-corrected chi connectivity index (χ1v) is 8.05. The molecule has 2 aromatic rings. The van der Waals surface area contributed by atoms with Gasteiger partial charge in [0.2, 0.25) is 0 Å². The molecule has 0 radical (unpaired) electrons. The van der Waals surface area contributed by atoms with Crippen LogP contribution < -0.4 is 10.1 Å². The van der Waals surface area contributed by atoms with Crippen molar-refractivity contribution in [3.8, 4) is 11.5 Å². The lowest BCUT2D eigenvalue weighted by Gasteiger charge is -2.12. The Morgan fingerprint density at radius 2 is 1.80 bits per heavy atom. The molecule has 0 saturated carbocycles. The fourth-order valence-electron chi connectivity index (χ4n) is 2.66. The molecule has 0 bridgehead atoms. The van der Waals surface area contributed by atoms with Gasteiger partial charge in [0.05, 0.1) is 0 Å². The van der Waals surface area contributed by atoms with Crippen LogP contribution in [-0.4, -0.2) is 29.2 Å². The van der Waals surface area contributed by atoms with Gasteiger partial charge in [0.1, 0.15) is 17.6 Å². The second-order valence-electron chi connectivity index (χ2n) is 5.96. The maximum Gasteiger partial charge on any atom is 0.332 e. The number of ether oxygens (including phenoxy) is 2. The first kappa shape index (κ1) is 17.0. The van der Waals surface area contributed by atoms with Gasteiger partial charge in [-0.05, 0) is 61.7 Å². The third-order valence-electron chi connectivity index (χ3n) is 3.93. The Morgan fingerprint density at radius 3 is 2.44 bits per heavy atom. The van der Waals surface area contributed by atoms with E-state index < -0.39 is 18.2 Å². The highest BCUT2D eigenvalue weighted by Crippen LogP contribution is 2.25. The summed E-state index contributed by atoms with van der Waals surface area (Å²) >= 11 is 0. The maximum atomic E-state index is 12.1. The number of carboxylic acids is 1. The molecule has 2 atom stereocenters. The van der Waals surface area contributed by atoms with Crippen LogP contribution in [0.3, 0.4) is 0 Å². The van der Waals surface area contributed by atoms with Gasteiger partial charge in [0.15, 0.2) is 6.10 Å². The van der Waals surface area contributed by atoms with Crippen molar-refractivity contribution in [1.29, 1.82) is 0 Å². The third-order valence-corrected chi connectivity index (χ3v) is 3.93. The van der Waals surface area contributed by atoms with Crippen molar-refractivity contribution >= 4 is 17.6 Å². The molecule has 1 aliphatic heterocycles. The third kappa shape index (κ3) is 4.36. The summed E-state index contributed by atoms with van der Waals surface area (Å²) < 4.78 is 11.0. The Morgan fingerprint density at radius 1 is 1.08 bits per heavy atom. The van der Waals surface area contributed by atoms with Gasteiger partial charge < -0.3 is 19.9 Å². The van der Waals surface area contributed by atoms with E-state index in [1.54, 1.807) is 24.3 Å². The van der Waals surface area contributed by atoms with Gasteiger partial charge in [0, 0.05) is 5.69 Å². The van der Waals surface area contributed by atoms with Gasteiger partial charge in [-0.1, -0.05) is 12.1 Å². The van der Waals surface area contributed by atoms with E-state index in [-0.39, 0.29) is 5.91 Å². The van der Waals surface area contributed by atoms with Crippen LogP contribution in [0, 0.1) is 6.92 Å². The smallest absolute Gasteiger partial charge is 0.332 e. The fraction of sp³-hybridized carbons (Fsp3) is 0.263. The minimum Gasteiger partial charge on any atom is -0.479 e. The highest BCUT2D eigenvalue weighted by molar-refractivity contribution is 5.94. The molecule has 0 aliphatic carbocycles. The lowest BCUT2D eigenvalue weighted by molar-refractivity contribution is -0.150. The van der Waals surface area contributed by atoms with Crippen molar-refractivity contribution < 1.29 is 24.2 Å². The number of benzene rings is 2. The van der Waals surface area contributed by atoms with Crippen LogP contribution in [0.15, 0.2) is 48.5 Å². The molecule has 1 aliphatic rings. The molecule has 6 nitrogen and oxygen atoms in total. The molecule has 2 N–H and O–H groups in total. The lowest BCUT2D eigenvalue weighted by atomic mass is 10.2. The largest absolute Gasteiger partial charge is 0.479 e. The summed E-state index contributed by atoms with van der Waals surface area (Å²) in [6, 6.07) is 14.7. The van der Waals surface area contributed by atoms with Gasteiger partial charge in [0.25, 0.3) is 5.91 Å². The van der Waals surface area contributed by atoms with Crippen LogP contribution >= 0.6 is 0 Å². The SMILES string of the molecule is Cc1cccc(Oc2ccc(NC(=O)[C@@H]3CC[C@H](C(=O)O)O3)cc2)c1. The Balaban J connectivity index is 1.57. The van der Waals surface area contributed by atoms with Gasteiger partial charge in [-0.3, -0.25) is 4.79 Å². The number of carbonyl (C=O) groups excluding carboxylic acids is 1. The van der Waals surface area contributed by atoms with Crippen LogP contribution in [0.25, 0.3) is 0 Å². The van der Waals surface area contributed by atoms with E-state index in [4.69, 9.17) is 14.6 Å². The molecule has 0 aromatic heterocycles. The maximum absolute atomic E-state index is 12.1. The highest BCUT2D eigenvalue weighted by Gasteiger charge is 2.34. The molecule has 0 unspecified atom stereocenters. The van der Waals surface area contributed by atoms with Gasteiger partial charge in [-0.25, -0.2) is 4.79 Å². The summed E-state index contributed by atoms with van der Waals surface area (Å²) in [6.45, 7) is 1.99. The lowest BCUT2D eigenvalue weighted by Crippen LogP contribution is -2.29. The molecule has 1 saturated heterocycles. The zero-order chi connectivity index (χ0) is 17.8. The molecular weight excluding hydrogens is 322 g/mol. The number of carbonyl (C=O) groups is 2. The summed E-state index contributed by atoms with van der Waals surface area (Å²) in [5.74, 6) is 0.0339. The van der Waals surface area contributed by atoms with Crippen LogP contribution in [0.1, 0.15) is 18.4 Å². The summed E-state index contributed by atoms with van der Waals surface area (Å²) in [6.07, 6.45) is -0.890. The quantitative estimate of drug-likeness (QED) is 0.871. The van der Waals surface area contributed by atoms with Gasteiger partial charge in [-0.2, -0.15) is 0 Å². The molecule has 3 rings (SSSR count). The van der Waals surface area contributed by atoms with Crippen molar-refractivity contribution in [2.75, 3.05) is 5.32 Å². The predicted octanol–water partition coefficient (Wildman–Crippen LogP) is 3.36. The molecule has 1 fully saturated rings. The van der Waals surface area contributed by atoms with E-state index in [2.05, 4.69) is 5.32 Å². The fourth-order valence-corrected chi connectivity index (χ4v) is 2.66. The molecule has 6 heteroatoms. The summed E-state index contributed by atoms with van der Waals surface area (Å²) in [7, 11) is 0. The van der Waals surface area contributed by atoms with Crippen LogP contribution in [0.2, 0.25) is 0 Å². The summed E-state index contributed by atoms with van der Waals surface area (Å²) in [5, 5.41) is 11.6. The Hall–Kier alpha value is -2.86. The zero-order valence-corrected chi connectivity index (χ0v) is 13.8. The second kappa shape index (κ2) is 7.36. The van der Waals surface area contributed by atoms with Crippen LogP contribution in [0.4, 0.5) is 5.69 Å². The highest BCUT2D eigenvalue weighted by atomic mass is 16.5. The summed E-state index contributed by atoms with van der Waals surface area (Å²) in [4.78, 5) is 23.0. The molecule has 2 aromatic carbocycles. The standard InChI is InChI=1S/C19H19NO5/c1-12-3-2-4-15(11-12)24-14-7-5-13(6-8-14)20-18(21)16-9-10-17(25-16)19(22)23/h2-8,11,16-17H,9-10H2,1H3,(H,20,21)(H,22,23)/t16-,17+/m0/s1. The number of hydrogen-bond acceptors (Lipinski definition) is 4. The molecule has 0 spiro atoms. The number of aliphatic carboxylic acids is 1. The van der Waals surface area contributed by atoms with Crippen molar-refractivity contribution in [2.45, 2.75) is 32.0 Å². The number of rotatable bonds is 5. The minimum atomic E-state index is -1.03. The first-order chi connectivity index (χ1) is 12.0. The van der Waals surface area contributed by atoms with Crippen LogP contribution in [0.5, 0.6) is 11.5 Å². The average molecular weight is 341 g/mol. The normalized spacial score (nSPS) is 19.4. The van der Waals surface area contributed by atoms with E-state index >= 15 is 0 Å². The van der Waals surface area contributed by atoms with Crippen molar-refractivity contribution in [3.05, 3.63) is 54.1 Å². The molecule has 1 heterocycles. The number of aryl methyl sites for hydroxylation is 1. The molecule has 130 valence electrons. The number of carboxylic acid groups (broad SMARTS) is 1. The van der Waals surface area contributed by atoms with E-state index in [1.807, 2.05) is 31.2 Å². The first-order valence-electron chi connectivity index (χ1n) is 8.05. The van der Waals surface area contributed by atoms with Crippen LogP contribution in [-0.2, 0) is 14.3 Å². The molecule has 25 heavy (non-hydrogen) atoms. The average Bonchev–Trinajstić information content (AvgIpc) is 3.07. The van der Waals surface area contributed by atoms with E-state index in [0.717, 1.165) is 11.3 Å².